The van der Waals surface area contributed by atoms with E-state index in [1.807, 2.05) is 20.0 Å². The summed E-state index contributed by atoms with van der Waals surface area (Å²) in [6.45, 7) is 1.98. The van der Waals surface area contributed by atoms with E-state index in [1.165, 1.54) is 4.90 Å². The fraction of sp³-hybridized carbons (Fsp3) is 0.118. The van der Waals surface area contributed by atoms with Gasteiger partial charge in [0.25, 0.3) is 11.8 Å². The Hall–Kier alpha value is -2.95. The molecule has 2 heterocycles. The molecule has 0 fully saturated rings. The van der Waals surface area contributed by atoms with Crippen molar-refractivity contribution in [1.29, 1.82) is 0 Å². The average Bonchev–Trinajstić information content (AvgIpc) is 2.95. The smallest absolute Gasteiger partial charge is 0.266 e. The third-order valence-electron chi connectivity index (χ3n) is 4.17. The number of benzene rings is 2. The van der Waals surface area contributed by atoms with Gasteiger partial charge in [0, 0.05) is 18.1 Å². The Morgan fingerprint density at radius 3 is 2.23 bits per heavy atom. The van der Waals surface area contributed by atoms with Crippen LogP contribution in [0.25, 0.3) is 10.9 Å². The topological polar surface area (TPSA) is 55.2 Å². The van der Waals surface area contributed by atoms with Gasteiger partial charge < -0.3 is 0 Å². The van der Waals surface area contributed by atoms with Gasteiger partial charge in [-0.3, -0.25) is 14.3 Å². The van der Waals surface area contributed by atoms with Gasteiger partial charge >= 0.3 is 0 Å². The number of hydrogen-bond acceptors (Lipinski definition) is 3. The van der Waals surface area contributed by atoms with Crippen LogP contribution < -0.4 is 4.90 Å². The Kier molecular flexibility index (Phi) is 2.48. The summed E-state index contributed by atoms with van der Waals surface area (Å²) in [4.78, 5) is 26.2. The standard InChI is InChI=1S/C17H13N3O2/c1-10-12-8-7-11(9-15(12)18-19(10)2)20-16(21)13-5-3-4-6-14(13)17(20)22/h3-9H,1-2H3. The van der Waals surface area contributed by atoms with E-state index in [4.69, 9.17) is 0 Å². The molecule has 0 N–H and O–H groups in total. The summed E-state index contributed by atoms with van der Waals surface area (Å²) in [5.41, 5.74) is 3.27. The molecule has 1 aliphatic rings. The average molecular weight is 291 g/mol. The summed E-state index contributed by atoms with van der Waals surface area (Å²) < 4.78 is 1.79. The molecule has 0 unspecified atom stereocenters. The molecule has 2 amide bonds. The van der Waals surface area contributed by atoms with Gasteiger partial charge in [0.2, 0.25) is 0 Å². The lowest BCUT2D eigenvalue weighted by atomic mass is 10.1. The number of carbonyl (C=O) groups is 2. The highest BCUT2D eigenvalue weighted by Crippen LogP contribution is 2.30. The summed E-state index contributed by atoms with van der Waals surface area (Å²) in [6, 6.07) is 12.4. The summed E-state index contributed by atoms with van der Waals surface area (Å²) in [5, 5.41) is 5.43. The van der Waals surface area contributed by atoms with Crippen molar-refractivity contribution >= 4 is 28.4 Å². The maximum atomic E-state index is 12.5. The van der Waals surface area contributed by atoms with Crippen LogP contribution in [0.15, 0.2) is 42.5 Å². The van der Waals surface area contributed by atoms with E-state index in [0.717, 1.165) is 16.6 Å². The van der Waals surface area contributed by atoms with Crippen molar-refractivity contribution in [3.63, 3.8) is 0 Å². The lowest BCUT2D eigenvalue weighted by Gasteiger charge is -2.13. The maximum absolute atomic E-state index is 12.5. The molecule has 0 bridgehead atoms. The second-order valence-electron chi connectivity index (χ2n) is 5.40. The zero-order valence-corrected chi connectivity index (χ0v) is 12.2. The molecular weight excluding hydrogens is 278 g/mol. The largest absolute Gasteiger partial charge is 0.272 e. The van der Waals surface area contributed by atoms with Crippen LogP contribution >= 0.6 is 0 Å². The first kappa shape index (κ1) is 12.8. The number of anilines is 1. The number of fused-ring (bicyclic) bond motifs is 2. The van der Waals surface area contributed by atoms with Crippen LogP contribution in [0.5, 0.6) is 0 Å². The number of aryl methyl sites for hydroxylation is 2. The monoisotopic (exact) mass is 291 g/mol. The second kappa shape index (κ2) is 4.27. The van der Waals surface area contributed by atoms with Crippen molar-refractivity contribution in [1.82, 2.24) is 9.78 Å². The number of nitrogens with zero attached hydrogens (tertiary/aromatic N) is 3. The molecule has 5 heteroatoms. The molecule has 22 heavy (non-hydrogen) atoms. The molecule has 0 saturated heterocycles. The Morgan fingerprint density at radius 2 is 1.59 bits per heavy atom. The van der Waals surface area contributed by atoms with Crippen LogP contribution in [-0.4, -0.2) is 21.6 Å². The fourth-order valence-corrected chi connectivity index (χ4v) is 2.88. The maximum Gasteiger partial charge on any atom is 0.266 e. The summed E-state index contributed by atoms with van der Waals surface area (Å²) in [5.74, 6) is -0.569. The van der Waals surface area contributed by atoms with Crippen LogP contribution in [0.2, 0.25) is 0 Å². The number of carbonyl (C=O) groups excluding carboxylic acids is 2. The number of hydrogen-bond donors (Lipinski definition) is 0. The van der Waals surface area contributed by atoms with Gasteiger partial charge in [-0.15, -0.1) is 0 Å². The quantitative estimate of drug-likeness (QED) is 0.648. The zero-order valence-electron chi connectivity index (χ0n) is 12.2. The molecule has 5 nitrogen and oxygen atoms in total. The predicted molar refractivity (Wildman–Crippen MR) is 83.0 cm³/mol. The zero-order chi connectivity index (χ0) is 15.4. The van der Waals surface area contributed by atoms with Crippen molar-refractivity contribution < 1.29 is 9.59 Å². The van der Waals surface area contributed by atoms with Crippen LogP contribution in [-0.2, 0) is 7.05 Å². The highest BCUT2D eigenvalue weighted by molar-refractivity contribution is 6.34. The molecular formula is C17H13N3O2. The van der Waals surface area contributed by atoms with Crippen LogP contribution in [0.1, 0.15) is 26.4 Å². The van der Waals surface area contributed by atoms with Crippen molar-refractivity contribution in [3.05, 3.63) is 59.3 Å². The number of rotatable bonds is 1. The molecule has 0 aliphatic carbocycles. The summed E-state index contributed by atoms with van der Waals surface area (Å²) in [7, 11) is 1.87. The first-order valence-corrected chi connectivity index (χ1v) is 6.99. The van der Waals surface area contributed by atoms with E-state index >= 15 is 0 Å². The van der Waals surface area contributed by atoms with Gasteiger partial charge in [0.05, 0.1) is 22.3 Å². The van der Waals surface area contributed by atoms with Gasteiger partial charge in [-0.25, -0.2) is 4.90 Å². The highest BCUT2D eigenvalue weighted by Gasteiger charge is 2.36. The fourth-order valence-electron chi connectivity index (χ4n) is 2.88. The van der Waals surface area contributed by atoms with Crippen LogP contribution in [0.3, 0.4) is 0 Å². The van der Waals surface area contributed by atoms with Crippen LogP contribution in [0, 0.1) is 6.92 Å². The Bertz CT molecular complexity index is 921. The predicted octanol–water partition coefficient (Wildman–Crippen LogP) is 2.68. The normalized spacial score (nSPS) is 14.0. The molecule has 0 spiro atoms. The Balaban J connectivity index is 1.86. The van der Waals surface area contributed by atoms with Gasteiger partial charge in [-0.05, 0) is 37.3 Å². The van der Waals surface area contributed by atoms with Crippen molar-refractivity contribution in [2.24, 2.45) is 7.05 Å². The van der Waals surface area contributed by atoms with E-state index < -0.39 is 0 Å². The van der Waals surface area contributed by atoms with Gasteiger partial charge in [-0.2, -0.15) is 5.10 Å². The second-order valence-corrected chi connectivity index (χ2v) is 5.40. The third kappa shape index (κ3) is 1.56. The SMILES string of the molecule is Cc1c2ccc(N3C(=O)c4ccccc4C3=O)cc2nn1C. The van der Waals surface area contributed by atoms with E-state index in [0.29, 0.717) is 16.8 Å². The first-order valence-electron chi connectivity index (χ1n) is 6.99. The number of aromatic nitrogens is 2. The minimum absolute atomic E-state index is 0.285. The first-order chi connectivity index (χ1) is 10.6. The van der Waals surface area contributed by atoms with Gasteiger partial charge in [0.15, 0.2) is 0 Å². The molecule has 2 aromatic carbocycles. The Morgan fingerprint density at radius 1 is 0.955 bits per heavy atom. The molecule has 4 rings (SSSR count). The third-order valence-corrected chi connectivity index (χ3v) is 4.17. The number of imide groups is 1. The van der Waals surface area contributed by atoms with E-state index in [9.17, 15) is 9.59 Å². The molecule has 108 valence electrons. The van der Waals surface area contributed by atoms with E-state index in [1.54, 1.807) is 41.1 Å². The molecule has 3 aromatic rings. The summed E-state index contributed by atoms with van der Waals surface area (Å²) in [6.07, 6.45) is 0. The summed E-state index contributed by atoms with van der Waals surface area (Å²) >= 11 is 0. The molecule has 0 radical (unpaired) electrons. The van der Waals surface area contributed by atoms with Crippen LogP contribution in [0.4, 0.5) is 5.69 Å². The van der Waals surface area contributed by atoms with Gasteiger partial charge in [0.1, 0.15) is 0 Å². The molecule has 1 aliphatic heterocycles. The highest BCUT2D eigenvalue weighted by atomic mass is 16.2. The van der Waals surface area contributed by atoms with Gasteiger partial charge in [-0.1, -0.05) is 12.1 Å². The minimum Gasteiger partial charge on any atom is -0.272 e. The van der Waals surface area contributed by atoms with Crippen molar-refractivity contribution in [2.45, 2.75) is 6.92 Å². The van der Waals surface area contributed by atoms with Crippen molar-refractivity contribution in [2.75, 3.05) is 4.90 Å². The van der Waals surface area contributed by atoms with E-state index in [2.05, 4.69) is 5.10 Å². The molecule has 0 atom stereocenters. The molecule has 0 saturated carbocycles. The Labute approximate surface area is 126 Å². The lowest BCUT2D eigenvalue weighted by Crippen LogP contribution is -2.29. The van der Waals surface area contributed by atoms with E-state index in [-0.39, 0.29) is 11.8 Å². The van der Waals surface area contributed by atoms with Crippen molar-refractivity contribution in [3.8, 4) is 0 Å². The minimum atomic E-state index is -0.285. The lowest BCUT2D eigenvalue weighted by molar-refractivity contribution is 0.0926. The molecule has 1 aromatic heterocycles. The number of amides is 2.